The van der Waals surface area contributed by atoms with Gasteiger partial charge in [-0.3, -0.25) is 4.79 Å². The maximum atomic E-state index is 12.5. The predicted octanol–water partition coefficient (Wildman–Crippen LogP) is 2.67. The van der Waals surface area contributed by atoms with Crippen LogP contribution in [-0.4, -0.2) is 49.1 Å². The Morgan fingerprint density at radius 3 is 2.20 bits per heavy atom. The number of nitrogens with one attached hydrogen (secondary N) is 1. The third kappa shape index (κ3) is 7.98. The third-order valence-electron chi connectivity index (χ3n) is 3.62. The molecule has 1 aromatic rings. The molecule has 0 fully saturated rings. The lowest BCUT2D eigenvalue weighted by molar-refractivity contribution is -0.831. The fourth-order valence-corrected chi connectivity index (χ4v) is 2.08. The van der Waals surface area contributed by atoms with Crippen LogP contribution in [0.25, 0.3) is 0 Å². The molecule has 1 rings (SSSR count). The summed E-state index contributed by atoms with van der Waals surface area (Å²) in [6.07, 6.45) is 0.552. The smallest absolute Gasteiger partial charge is 0.329 e. The van der Waals surface area contributed by atoms with Gasteiger partial charge < -0.3 is 14.5 Å². The van der Waals surface area contributed by atoms with Crippen molar-refractivity contribution in [1.29, 1.82) is 0 Å². The van der Waals surface area contributed by atoms with E-state index in [9.17, 15) is 9.59 Å². The Morgan fingerprint density at radius 1 is 1.16 bits per heavy atom. The van der Waals surface area contributed by atoms with Crippen LogP contribution < -0.4 is 5.32 Å². The molecule has 0 aliphatic heterocycles. The van der Waals surface area contributed by atoms with Gasteiger partial charge in [0.05, 0.1) is 21.1 Å². The number of esters is 1. The molecule has 25 heavy (non-hydrogen) atoms. The highest BCUT2D eigenvalue weighted by Gasteiger charge is 2.28. The fraction of sp³-hybridized carbons (Fsp3) is 0.500. The maximum Gasteiger partial charge on any atom is 0.329 e. The molecule has 138 valence electrons. The van der Waals surface area contributed by atoms with E-state index in [4.69, 9.17) is 4.74 Å². The summed E-state index contributed by atoms with van der Waals surface area (Å²) >= 11 is 0. The van der Waals surface area contributed by atoms with Gasteiger partial charge >= 0.3 is 5.97 Å². The molecule has 0 radical (unpaired) electrons. The zero-order valence-corrected chi connectivity index (χ0v) is 16.3. The second kappa shape index (κ2) is 8.30. The van der Waals surface area contributed by atoms with E-state index in [2.05, 4.69) is 11.9 Å². The van der Waals surface area contributed by atoms with Crippen LogP contribution in [0, 0.1) is 0 Å². The van der Waals surface area contributed by atoms with E-state index in [0.717, 1.165) is 11.3 Å². The Bertz CT molecular complexity index is 610. The molecule has 1 N–H and O–H groups in total. The first-order valence-electron chi connectivity index (χ1n) is 8.44. The SMILES string of the molecule is C=C(CC(=O)N[C@@H](Cc1ccccc1)C(=O)OC(C)(C)C)[N+](C)(C)C. The van der Waals surface area contributed by atoms with Crippen molar-refractivity contribution >= 4 is 11.9 Å². The van der Waals surface area contributed by atoms with Crippen LogP contribution >= 0.6 is 0 Å². The van der Waals surface area contributed by atoms with Crippen molar-refractivity contribution in [3.63, 3.8) is 0 Å². The fourth-order valence-electron chi connectivity index (χ4n) is 2.08. The largest absolute Gasteiger partial charge is 0.458 e. The number of quaternary nitrogens is 1. The lowest BCUT2D eigenvalue weighted by atomic mass is 10.1. The molecular weight excluding hydrogens is 316 g/mol. The van der Waals surface area contributed by atoms with Crippen LogP contribution in [0.4, 0.5) is 0 Å². The van der Waals surface area contributed by atoms with Crippen molar-refractivity contribution in [2.75, 3.05) is 21.1 Å². The van der Waals surface area contributed by atoms with Crippen LogP contribution in [0.15, 0.2) is 42.6 Å². The van der Waals surface area contributed by atoms with Gasteiger partial charge in [-0.1, -0.05) is 30.3 Å². The Morgan fingerprint density at radius 2 is 1.72 bits per heavy atom. The third-order valence-corrected chi connectivity index (χ3v) is 3.62. The van der Waals surface area contributed by atoms with Gasteiger partial charge in [0.25, 0.3) is 0 Å². The molecule has 0 bridgehead atoms. The monoisotopic (exact) mass is 347 g/mol. The molecule has 0 heterocycles. The minimum Gasteiger partial charge on any atom is -0.458 e. The number of amides is 1. The van der Waals surface area contributed by atoms with Crippen molar-refractivity contribution in [1.82, 2.24) is 5.32 Å². The number of nitrogens with zero attached hydrogens (tertiary/aromatic N) is 1. The quantitative estimate of drug-likeness (QED) is 0.609. The zero-order chi connectivity index (χ0) is 19.3. The second-order valence-electron chi connectivity index (χ2n) is 8.10. The van der Waals surface area contributed by atoms with Crippen molar-refractivity contribution < 1.29 is 18.8 Å². The zero-order valence-electron chi connectivity index (χ0n) is 16.3. The Labute approximate surface area is 151 Å². The molecule has 0 saturated carbocycles. The number of benzene rings is 1. The lowest BCUT2D eigenvalue weighted by Crippen LogP contribution is -2.46. The summed E-state index contributed by atoms with van der Waals surface area (Å²) in [5.74, 6) is -0.662. The summed E-state index contributed by atoms with van der Waals surface area (Å²) < 4.78 is 5.95. The Kier molecular flexibility index (Phi) is 6.94. The first kappa shape index (κ1) is 20.9. The van der Waals surface area contributed by atoms with E-state index in [1.165, 1.54) is 0 Å². The van der Waals surface area contributed by atoms with E-state index in [-0.39, 0.29) is 12.3 Å². The number of carbonyl (C=O) groups excluding carboxylic acids is 2. The maximum absolute atomic E-state index is 12.5. The van der Waals surface area contributed by atoms with Gasteiger partial charge in [-0.05, 0) is 32.9 Å². The minimum absolute atomic E-state index is 0.164. The lowest BCUT2D eigenvalue weighted by Gasteiger charge is -2.27. The highest BCUT2D eigenvalue weighted by Crippen LogP contribution is 2.13. The van der Waals surface area contributed by atoms with Crippen LogP contribution in [-0.2, 0) is 20.7 Å². The van der Waals surface area contributed by atoms with Gasteiger partial charge in [0.15, 0.2) is 0 Å². The van der Waals surface area contributed by atoms with Gasteiger partial charge in [0, 0.05) is 6.42 Å². The Hall–Kier alpha value is -2.14. The predicted molar refractivity (Wildman–Crippen MR) is 99.7 cm³/mol. The van der Waals surface area contributed by atoms with Gasteiger partial charge in [-0.25, -0.2) is 4.79 Å². The van der Waals surface area contributed by atoms with Crippen molar-refractivity contribution in [2.24, 2.45) is 0 Å². The molecule has 0 aliphatic carbocycles. The summed E-state index contributed by atoms with van der Waals surface area (Å²) in [5.41, 5.74) is 1.12. The second-order valence-corrected chi connectivity index (χ2v) is 8.10. The van der Waals surface area contributed by atoms with E-state index < -0.39 is 17.6 Å². The number of carbonyl (C=O) groups is 2. The molecule has 0 unspecified atom stereocenters. The Balaban J connectivity index is 2.85. The normalized spacial score (nSPS) is 13.0. The van der Waals surface area contributed by atoms with E-state index in [1.54, 1.807) is 0 Å². The summed E-state index contributed by atoms with van der Waals surface area (Å²) in [5, 5.41) is 2.81. The van der Waals surface area contributed by atoms with Crippen molar-refractivity contribution in [3.05, 3.63) is 48.2 Å². The molecule has 5 nitrogen and oxygen atoms in total. The van der Waals surface area contributed by atoms with Crippen LogP contribution in [0.3, 0.4) is 0 Å². The average molecular weight is 347 g/mol. The van der Waals surface area contributed by atoms with Crippen LogP contribution in [0.1, 0.15) is 32.8 Å². The first-order valence-corrected chi connectivity index (χ1v) is 8.44. The van der Waals surface area contributed by atoms with E-state index in [1.807, 2.05) is 72.2 Å². The summed E-state index contributed by atoms with van der Waals surface area (Å²) in [7, 11) is 5.85. The number of hydrogen-bond acceptors (Lipinski definition) is 3. The molecule has 5 heteroatoms. The topological polar surface area (TPSA) is 55.4 Å². The summed E-state index contributed by atoms with van der Waals surface area (Å²) in [6.45, 7) is 9.39. The molecule has 0 spiro atoms. The molecular formula is C20H31N2O3+. The molecule has 1 atom stereocenters. The van der Waals surface area contributed by atoms with E-state index in [0.29, 0.717) is 10.9 Å². The molecule has 0 saturated heterocycles. The summed E-state index contributed by atoms with van der Waals surface area (Å²) in [4.78, 5) is 24.9. The minimum atomic E-state index is -0.727. The summed E-state index contributed by atoms with van der Waals surface area (Å²) in [6, 6.07) is 8.85. The van der Waals surface area contributed by atoms with E-state index >= 15 is 0 Å². The van der Waals surface area contributed by atoms with Crippen LogP contribution in [0.2, 0.25) is 0 Å². The highest BCUT2D eigenvalue weighted by molar-refractivity contribution is 5.85. The average Bonchev–Trinajstić information content (AvgIpc) is 2.44. The standard InChI is InChI=1S/C20H30N2O3/c1-15(22(5,6)7)13-18(23)21-17(19(24)25-20(2,3)4)14-16-11-9-8-10-12-16/h8-12,17H,1,13-14H2,2-7H3/p+1/t17-/m0/s1. The molecule has 0 aliphatic rings. The first-order chi connectivity index (χ1) is 11.4. The highest BCUT2D eigenvalue weighted by atomic mass is 16.6. The number of ether oxygens (including phenoxy) is 1. The number of hydrogen-bond donors (Lipinski definition) is 1. The number of rotatable bonds is 7. The molecule has 0 aromatic heterocycles. The molecule has 1 amide bonds. The van der Waals surface area contributed by atoms with Gasteiger partial charge in [0.1, 0.15) is 23.8 Å². The van der Waals surface area contributed by atoms with Crippen molar-refractivity contribution in [2.45, 2.75) is 45.3 Å². The van der Waals surface area contributed by atoms with Gasteiger partial charge in [0.2, 0.25) is 5.91 Å². The van der Waals surface area contributed by atoms with Gasteiger partial charge in [-0.2, -0.15) is 0 Å². The van der Waals surface area contributed by atoms with Crippen LogP contribution in [0.5, 0.6) is 0 Å². The molecule has 1 aromatic carbocycles. The van der Waals surface area contributed by atoms with Gasteiger partial charge in [-0.15, -0.1) is 0 Å². The van der Waals surface area contributed by atoms with Crippen molar-refractivity contribution in [3.8, 4) is 0 Å².